The second-order valence-electron chi connectivity index (χ2n) is 2.98. The predicted octanol–water partition coefficient (Wildman–Crippen LogP) is 0.525. The van der Waals surface area contributed by atoms with Crippen molar-refractivity contribution in [2.45, 2.75) is 18.1 Å². The van der Waals surface area contributed by atoms with Gasteiger partial charge in [-0.2, -0.15) is 11.8 Å². The Morgan fingerprint density at radius 2 is 2.31 bits per heavy atom. The molecule has 0 saturated heterocycles. The molecule has 0 aromatic carbocycles. The molecule has 2 rings (SSSR count). The fourth-order valence-electron chi connectivity index (χ4n) is 1.45. The third kappa shape index (κ3) is 1.62. The maximum absolute atomic E-state index is 5.60. The number of nitrogen functional groups attached to an aromatic ring is 1. The van der Waals surface area contributed by atoms with E-state index in [0.717, 1.165) is 29.4 Å². The van der Waals surface area contributed by atoms with Crippen molar-refractivity contribution >= 4 is 17.7 Å². The highest BCUT2D eigenvalue weighted by Gasteiger charge is 2.18. The maximum atomic E-state index is 5.60. The van der Waals surface area contributed by atoms with Gasteiger partial charge in [0.15, 0.2) is 0 Å². The first kappa shape index (κ1) is 8.77. The van der Waals surface area contributed by atoms with Gasteiger partial charge in [0, 0.05) is 23.6 Å². The summed E-state index contributed by atoms with van der Waals surface area (Å²) < 4.78 is 0. The number of anilines is 1. The molecule has 0 aliphatic carbocycles. The zero-order valence-corrected chi connectivity index (χ0v) is 8.32. The molecule has 70 valence electrons. The largest absolute Gasteiger partial charge is 0.368 e. The lowest BCUT2D eigenvalue weighted by Crippen LogP contribution is -2.12. The summed E-state index contributed by atoms with van der Waals surface area (Å²) in [4.78, 5) is 8.44. The maximum Gasteiger partial charge on any atom is 0.220 e. The molecule has 0 unspecified atom stereocenters. The van der Waals surface area contributed by atoms with Crippen LogP contribution in [0, 0.1) is 0 Å². The normalized spacial score (nSPS) is 14.5. The number of aromatic nitrogens is 2. The number of nitrogens with two attached hydrogens (primary N) is 1. The summed E-state index contributed by atoms with van der Waals surface area (Å²) in [5, 5.41) is 3.09. The van der Waals surface area contributed by atoms with E-state index in [0.29, 0.717) is 5.95 Å². The molecule has 0 fully saturated rings. The number of nitrogens with one attached hydrogen (secondary N) is 1. The number of hydrogen-bond acceptors (Lipinski definition) is 5. The molecule has 0 radical (unpaired) electrons. The van der Waals surface area contributed by atoms with Gasteiger partial charge in [-0.15, -0.1) is 0 Å². The molecular weight excluding hydrogens is 184 g/mol. The summed E-state index contributed by atoms with van der Waals surface area (Å²) in [6, 6.07) is 0. The Bertz CT molecular complexity index is 326. The third-order valence-electron chi connectivity index (χ3n) is 2.03. The van der Waals surface area contributed by atoms with E-state index in [2.05, 4.69) is 15.3 Å². The Kier molecular flexibility index (Phi) is 2.37. The van der Waals surface area contributed by atoms with Gasteiger partial charge in [-0.05, 0) is 7.05 Å². The fraction of sp³-hybridized carbons (Fsp3) is 0.500. The fourth-order valence-corrected chi connectivity index (χ4v) is 2.52. The summed E-state index contributed by atoms with van der Waals surface area (Å²) in [7, 11) is 1.91. The number of fused-ring (bicyclic) bond motifs is 1. The number of rotatable bonds is 2. The van der Waals surface area contributed by atoms with Crippen LogP contribution in [-0.2, 0) is 18.1 Å². The first-order chi connectivity index (χ1) is 6.31. The van der Waals surface area contributed by atoms with E-state index in [1.165, 1.54) is 5.56 Å². The van der Waals surface area contributed by atoms with Crippen molar-refractivity contribution in [3.63, 3.8) is 0 Å². The summed E-state index contributed by atoms with van der Waals surface area (Å²) >= 11 is 1.87. The van der Waals surface area contributed by atoms with E-state index >= 15 is 0 Å². The van der Waals surface area contributed by atoms with Gasteiger partial charge in [-0.1, -0.05) is 0 Å². The van der Waals surface area contributed by atoms with Crippen molar-refractivity contribution in [2.24, 2.45) is 0 Å². The van der Waals surface area contributed by atoms with Gasteiger partial charge >= 0.3 is 0 Å². The van der Waals surface area contributed by atoms with Crippen molar-refractivity contribution in [2.75, 3.05) is 12.8 Å². The molecule has 0 bridgehead atoms. The highest BCUT2D eigenvalue weighted by atomic mass is 32.2. The number of thioether (sulfide) groups is 1. The zero-order valence-electron chi connectivity index (χ0n) is 7.50. The van der Waals surface area contributed by atoms with Crippen molar-refractivity contribution in [1.82, 2.24) is 15.3 Å². The summed E-state index contributed by atoms with van der Waals surface area (Å²) in [6.45, 7) is 0.773. The van der Waals surface area contributed by atoms with Crippen molar-refractivity contribution < 1.29 is 0 Å². The SMILES string of the molecule is CNCc1nc(N)nc2c1CSC2. The topological polar surface area (TPSA) is 63.8 Å². The van der Waals surface area contributed by atoms with Crippen LogP contribution in [0.5, 0.6) is 0 Å². The standard InChI is InChI=1S/C8H12N4S/c1-10-2-6-5-3-13-4-7(5)12-8(9)11-6/h10H,2-4H2,1H3,(H2,9,11,12). The Morgan fingerprint density at radius 1 is 1.46 bits per heavy atom. The van der Waals surface area contributed by atoms with Crippen LogP contribution >= 0.6 is 11.8 Å². The molecule has 0 saturated carbocycles. The molecule has 13 heavy (non-hydrogen) atoms. The van der Waals surface area contributed by atoms with Crippen molar-refractivity contribution in [3.8, 4) is 0 Å². The van der Waals surface area contributed by atoms with Crippen LogP contribution in [0.2, 0.25) is 0 Å². The van der Waals surface area contributed by atoms with Crippen LogP contribution in [0.4, 0.5) is 5.95 Å². The lowest BCUT2D eigenvalue weighted by atomic mass is 10.2. The minimum Gasteiger partial charge on any atom is -0.368 e. The Morgan fingerprint density at radius 3 is 3.08 bits per heavy atom. The predicted molar refractivity (Wildman–Crippen MR) is 54.2 cm³/mol. The van der Waals surface area contributed by atoms with Crippen LogP contribution in [0.15, 0.2) is 0 Å². The highest BCUT2D eigenvalue weighted by Crippen LogP contribution is 2.30. The van der Waals surface area contributed by atoms with E-state index in [1.807, 2.05) is 18.8 Å². The molecule has 3 N–H and O–H groups in total. The summed E-state index contributed by atoms with van der Waals surface area (Å²) in [5.74, 6) is 2.39. The molecular formula is C8H12N4S. The molecule has 0 spiro atoms. The van der Waals surface area contributed by atoms with Gasteiger partial charge in [-0.25, -0.2) is 9.97 Å². The molecule has 0 amide bonds. The second-order valence-corrected chi connectivity index (χ2v) is 3.96. The van der Waals surface area contributed by atoms with Crippen LogP contribution in [0.1, 0.15) is 17.0 Å². The first-order valence-electron chi connectivity index (χ1n) is 4.17. The van der Waals surface area contributed by atoms with Gasteiger partial charge in [0.05, 0.1) is 11.4 Å². The number of nitrogens with zero attached hydrogens (tertiary/aromatic N) is 2. The molecule has 0 atom stereocenters. The zero-order chi connectivity index (χ0) is 9.26. The monoisotopic (exact) mass is 196 g/mol. The van der Waals surface area contributed by atoms with Gasteiger partial charge < -0.3 is 11.1 Å². The van der Waals surface area contributed by atoms with E-state index < -0.39 is 0 Å². The summed E-state index contributed by atoms with van der Waals surface area (Å²) in [6.07, 6.45) is 0. The highest BCUT2D eigenvalue weighted by molar-refractivity contribution is 7.98. The Balaban J connectivity index is 2.43. The van der Waals surface area contributed by atoms with Crippen LogP contribution in [0.25, 0.3) is 0 Å². The van der Waals surface area contributed by atoms with Crippen molar-refractivity contribution in [3.05, 3.63) is 17.0 Å². The molecule has 5 heteroatoms. The van der Waals surface area contributed by atoms with Gasteiger partial charge in [0.2, 0.25) is 5.95 Å². The molecule has 2 heterocycles. The Labute approximate surface area is 81.3 Å². The quantitative estimate of drug-likeness (QED) is 0.722. The smallest absolute Gasteiger partial charge is 0.220 e. The summed E-state index contributed by atoms with van der Waals surface area (Å²) in [5.41, 5.74) is 9.04. The first-order valence-corrected chi connectivity index (χ1v) is 5.33. The van der Waals surface area contributed by atoms with Gasteiger partial charge in [0.1, 0.15) is 0 Å². The Hall–Kier alpha value is -0.810. The minimum atomic E-state index is 0.395. The lowest BCUT2D eigenvalue weighted by Gasteiger charge is -2.06. The van der Waals surface area contributed by atoms with Gasteiger partial charge in [0.25, 0.3) is 0 Å². The van der Waals surface area contributed by atoms with E-state index in [4.69, 9.17) is 5.73 Å². The molecule has 1 aliphatic heterocycles. The average Bonchev–Trinajstić information content (AvgIpc) is 2.52. The molecule has 1 aliphatic rings. The molecule has 1 aromatic rings. The van der Waals surface area contributed by atoms with Crippen LogP contribution in [0.3, 0.4) is 0 Å². The average molecular weight is 196 g/mol. The van der Waals surface area contributed by atoms with Crippen molar-refractivity contribution in [1.29, 1.82) is 0 Å². The van der Waals surface area contributed by atoms with Gasteiger partial charge in [-0.3, -0.25) is 0 Å². The van der Waals surface area contributed by atoms with E-state index in [9.17, 15) is 0 Å². The minimum absolute atomic E-state index is 0.395. The van der Waals surface area contributed by atoms with Crippen LogP contribution in [-0.4, -0.2) is 17.0 Å². The van der Waals surface area contributed by atoms with E-state index in [1.54, 1.807) is 0 Å². The second kappa shape index (κ2) is 3.51. The molecule has 4 nitrogen and oxygen atoms in total. The van der Waals surface area contributed by atoms with E-state index in [-0.39, 0.29) is 0 Å². The van der Waals surface area contributed by atoms with Crippen LogP contribution < -0.4 is 11.1 Å². The third-order valence-corrected chi connectivity index (χ3v) is 3.00. The lowest BCUT2D eigenvalue weighted by molar-refractivity contribution is 0.776. The molecule has 1 aromatic heterocycles. The number of hydrogen-bond donors (Lipinski definition) is 2.